The molecule has 8 heteroatoms. The van der Waals surface area contributed by atoms with E-state index in [4.69, 9.17) is 10.8 Å². The first-order valence-electron chi connectivity index (χ1n) is 7.24. The zero-order chi connectivity index (χ0) is 15.9. The van der Waals surface area contributed by atoms with Crippen LogP contribution in [0, 0.1) is 23.7 Å². The van der Waals surface area contributed by atoms with E-state index in [2.05, 4.69) is 5.32 Å². The van der Waals surface area contributed by atoms with Gasteiger partial charge in [-0.1, -0.05) is 13.8 Å². The van der Waals surface area contributed by atoms with Crippen molar-refractivity contribution in [2.75, 3.05) is 0 Å². The lowest BCUT2D eigenvalue weighted by atomic mass is 9.89. The normalized spacial score (nSPS) is 33.5. The summed E-state index contributed by atoms with van der Waals surface area (Å²) in [7, 11) is 0. The highest BCUT2D eigenvalue weighted by atomic mass is 35.5. The molecular weight excluding hydrogens is 312 g/mol. The Morgan fingerprint density at radius 2 is 1.91 bits per heavy atom. The molecule has 0 saturated heterocycles. The lowest BCUT2D eigenvalue weighted by Gasteiger charge is -2.30. The third kappa shape index (κ3) is 3.05. The van der Waals surface area contributed by atoms with Crippen molar-refractivity contribution in [3.63, 3.8) is 0 Å². The molecule has 126 valence electrons. The summed E-state index contributed by atoms with van der Waals surface area (Å²) in [5.41, 5.74) is 4.31. The number of hydrogen-bond acceptors (Lipinski definition) is 4. The summed E-state index contributed by atoms with van der Waals surface area (Å²) in [4.78, 5) is 34.9. The van der Waals surface area contributed by atoms with E-state index >= 15 is 0 Å². The van der Waals surface area contributed by atoms with Crippen LogP contribution in [0.1, 0.15) is 33.1 Å². The molecule has 0 unspecified atom stereocenters. The number of carboxylic acid groups (broad SMARTS) is 2. The monoisotopic (exact) mass is 334 g/mol. The molecule has 2 rings (SSSR count). The standard InChI is InChI=1S/C14H22N2O5.ClH/c1-6(2)5-8(15)11(17)16-14(13(20)21)4-3-7-9(10(7)14)12(18)19;/h6-10H,3-5,15H2,1-2H3,(H,16,17)(H,18,19)(H,20,21);1H/t7-,8-,9-,10-,14-;/m0./s1. The zero-order valence-electron chi connectivity index (χ0n) is 12.6. The molecule has 2 aliphatic carbocycles. The minimum Gasteiger partial charge on any atom is -0.481 e. The number of fused-ring (bicyclic) bond motifs is 1. The molecule has 0 aromatic rings. The van der Waals surface area contributed by atoms with Crippen LogP contribution in [0.4, 0.5) is 0 Å². The second kappa shape index (κ2) is 6.42. The smallest absolute Gasteiger partial charge is 0.329 e. The van der Waals surface area contributed by atoms with Gasteiger partial charge in [0.05, 0.1) is 12.0 Å². The van der Waals surface area contributed by atoms with Crippen molar-refractivity contribution in [1.29, 1.82) is 0 Å². The van der Waals surface area contributed by atoms with Gasteiger partial charge in [0.15, 0.2) is 0 Å². The number of carboxylic acids is 2. The van der Waals surface area contributed by atoms with E-state index in [9.17, 15) is 19.5 Å². The van der Waals surface area contributed by atoms with E-state index in [0.29, 0.717) is 12.8 Å². The average Bonchev–Trinajstić information content (AvgIpc) is 2.98. The van der Waals surface area contributed by atoms with Gasteiger partial charge in [0.25, 0.3) is 0 Å². The fourth-order valence-electron chi connectivity index (χ4n) is 3.68. The number of nitrogens with two attached hydrogens (primary N) is 1. The maximum Gasteiger partial charge on any atom is 0.329 e. The van der Waals surface area contributed by atoms with E-state index in [1.54, 1.807) is 0 Å². The topological polar surface area (TPSA) is 130 Å². The fraction of sp³-hybridized carbons (Fsp3) is 0.786. The number of carbonyl (C=O) groups is 3. The summed E-state index contributed by atoms with van der Waals surface area (Å²) < 4.78 is 0. The Morgan fingerprint density at radius 3 is 2.32 bits per heavy atom. The average molecular weight is 335 g/mol. The molecule has 22 heavy (non-hydrogen) atoms. The number of nitrogens with one attached hydrogen (secondary N) is 1. The highest BCUT2D eigenvalue weighted by molar-refractivity contribution is 5.92. The van der Waals surface area contributed by atoms with Crippen molar-refractivity contribution >= 4 is 30.3 Å². The van der Waals surface area contributed by atoms with Crippen LogP contribution in [-0.2, 0) is 14.4 Å². The van der Waals surface area contributed by atoms with Gasteiger partial charge in [0, 0.05) is 5.92 Å². The van der Waals surface area contributed by atoms with Gasteiger partial charge >= 0.3 is 11.9 Å². The van der Waals surface area contributed by atoms with Gasteiger partial charge < -0.3 is 21.3 Å². The minimum atomic E-state index is -1.47. The Kier molecular flexibility index (Phi) is 5.46. The Labute approximate surface area is 135 Å². The van der Waals surface area contributed by atoms with Crippen LogP contribution in [0.2, 0.25) is 0 Å². The molecule has 5 atom stereocenters. The largest absolute Gasteiger partial charge is 0.481 e. The van der Waals surface area contributed by atoms with Crippen LogP contribution in [0.15, 0.2) is 0 Å². The molecule has 7 nitrogen and oxygen atoms in total. The first-order valence-corrected chi connectivity index (χ1v) is 7.24. The summed E-state index contributed by atoms with van der Waals surface area (Å²) in [5, 5.41) is 21.2. The van der Waals surface area contributed by atoms with E-state index < -0.39 is 41.3 Å². The molecule has 0 spiro atoms. The zero-order valence-corrected chi connectivity index (χ0v) is 13.4. The summed E-state index contributed by atoms with van der Waals surface area (Å²) in [6.45, 7) is 3.85. The molecule has 0 aliphatic heterocycles. The number of aliphatic carboxylic acids is 2. The molecule has 2 aliphatic rings. The predicted octanol–water partition coefficient (Wildman–Crippen LogP) is 0.462. The van der Waals surface area contributed by atoms with E-state index in [1.807, 2.05) is 13.8 Å². The van der Waals surface area contributed by atoms with Crippen LogP contribution in [0.25, 0.3) is 0 Å². The Hall–Kier alpha value is -1.34. The van der Waals surface area contributed by atoms with Gasteiger partial charge in [0.1, 0.15) is 5.54 Å². The molecule has 1 amide bonds. The summed E-state index contributed by atoms with van der Waals surface area (Å²) >= 11 is 0. The number of halogens is 1. The fourth-order valence-corrected chi connectivity index (χ4v) is 3.68. The molecular formula is C14H23ClN2O5. The van der Waals surface area contributed by atoms with Crippen molar-refractivity contribution in [3.8, 4) is 0 Å². The molecule has 5 N–H and O–H groups in total. The Balaban J connectivity index is 0.00000242. The molecule has 0 bridgehead atoms. The SMILES string of the molecule is CC(C)C[C@H](N)C(=O)N[C@@]1(C(=O)O)CC[C@H]2[C@H](C(=O)O)[C@H]21.Cl. The molecule has 0 radical (unpaired) electrons. The van der Waals surface area contributed by atoms with Gasteiger partial charge in [-0.2, -0.15) is 0 Å². The number of hydrogen-bond donors (Lipinski definition) is 4. The summed E-state index contributed by atoms with van der Waals surface area (Å²) in [5.74, 6) is -3.79. The lowest BCUT2D eigenvalue weighted by molar-refractivity contribution is -0.150. The van der Waals surface area contributed by atoms with Crippen molar-refractivity contribution in [3.05, 3.63) is 0 Å². The van der Waals surface area contributed by atoms with Crippen LogP contribution >= 0.6 is 12.4 Å². The second-order valence-electron chi connectivity index (χ2n) is 6.59. The quantitative estimate of drug-likeness (QED) is 0.558. The van der Waals surface area contributed by atoms with Gasteiger partial charge in [-0.05, 0) is 31.1 Å². The van der Waals surface area contributed by atoms with Crippen LogP contribution in [0.3, 0.4) is 0 Å². The highest BCUT2D eigenvalue weighted by Gasteiger charge is 2.72. The Bertz CT molecular complexity index is 484. The Morgan fingerprint density at radius 1 is 1.32 bits per heavy atom. The van der Waals surface area contributed by atoms with Crippen molar-refractivity contribution < 1.29 is 24.6 Å². The molecule has 0 heterocycles. The molecule has 0 aromatic heterocycles. The van der Waals surface area contributed by atoms with Crippen LogP contribution < -0.4 is 11.1 Å². The molecule has 0 aromatic carbocycles. The van der Waals surface area contributed by atoms with E-state index in [-0.39, 0.29) is 30.7 Å². The highest BCUT2D eigenvalue weighted by Crippen LogP contribution is 2.62. The van der Waals surface area contributed by atoms with E-state index in [0.717, 1.165) is 0 Å². The molecule has 2 fully saturated rings. The number of carbonyl (C=O) groups excluding carboxylic acids is 1. The summed E-state index contributed by atoms with van der Waals surface area (Å²) in [6, 6.07) is -0.776. The van der Waals surface area contributed by atoms with Gasteiger partial charge in [-0.3, -0.25) is 9.59 Å². The van der Waals surface area contributed by atoms with Gasteiger partial charge in [-0.15, -0.1) is 12.4 Å². The van der Waals surface area contributed by atoms with Gasteiger partial charge in [-0.25, -0.2) is 4.79 Å². The number of amides is 1. The first kappa shape index (κ1) is 18.7. The molecule has 2 saturated carbocycles. The second-order valence-corrected chi connectivity index (χ2v) is 6.59. The predicted molar refractivity (Wildman–Crippen MR) is 80.5 cm³/mol. The third-order valence-corrected chi connectivity index (χ3v) is 4.68. The van der Waals surface area contributed by atoms with Crippen molar-refractivity contribution in [2.45, 2.75) is 44.7 Å². The maximum absolute atomic E-state index is 12.1. The maximum atomic E-state index is 12.1. The summed E-state index contributed by atoms with van der Waals surface area (Å²) in [6.07, 6.45) is 1.23. The van der Waals surface area contributed by atoms with Crippen LogP contribution in [-0.4, -0.2) is 39.6 Å². The minimum absolute atomic E-state index is 0. The third-order valence-electron chi connectivity index (χ3n) is 4.68. The lowest BCUT2D eigenvalue weighted by Crippen LogP contribution is -2.59. The van der Waals surface area contributed by atoms with Crippen LogP contribution in [0.5, 0.6) is 0 Å². The van der Waals surface area contributed by atoms with E-state index in [1.165, 1.54) is 0 Å². The number of rotatable bonds is 6. The van der Waals surface area contributed by atoms with Crippen molar-refractivity contribution in [2.24, 2.45) is 29.4 Å². The van der Waals surface area contributed by atoms with Gasteiger partial charge in [0.2, 0.25) is 5.91 Å². The first-order chi connectivity index (χ1) is 9.70. The van der Waals surface area contributed by atoms with Crippen molar-refractivity contribution in [1.82, 2.24) is 5.32 Å².